The fourth-order valence-electron chi connectivity index (χ4n) is 2.07. The van der Waals surface area contributed by atoms with Crippen LogP contribution in [-0.4, -0.2) is 10.5 Å². The second kappa shape index (κ2) is 8.29. The highest BCUT2D eigenvalue weighted by Gasteiger charge is 2.21. The van der Waals surface area contributed by atoms with E-state index in [2.05, 4.69) is 23.8 Å². The van der Waals surface area contributed by atoms with Crippen LogP contribution in [0.4, 0.5) is 0 Å². The molecule has 1 heterocycles. The van der Waals surface area contributed by atoms with Crippen LogP contribution in [0.1, 0.15) is 71.6 Å². The van der Waals surface area contributed by atoms with Crippen LogP contribution in [0.15, 0.2) is 16.9 Å². The van der Waals surface area contributed by atoms with Gasteiger partial charge in [0.1, 0.15) is 11.3 Å². The van der Waals surface area contributed by atoms with E-state index in [-0.39, 0.29) is 0 Å². The fourth-order valence-corrected chi connectivity index (χ4v) is 2.07. The van der Waals surface area contributed by atoms with Crippen LogP contribution in [0, 0.1) is 0 Å². The van der Waals surface area contributed by atoms with Gasteiger partial charge in [-0.2, -0.15) is 0 Å². The van der Waals surface area contributed by atoms with Gasteiger partial charge in [0.15, 0.2) is 0 Å². The number of unbranched alkanes of at least 4 members (excludes halogenated alkanes) is 5. The Morgan fingerprint density at radius 1 is 0.938 bits per heavy atom. The van der Waals surface area contributed by atoms with Crippen molar-refractivity contribution in [3.05, 3.63) is 11.8 Å². The Morgan fingerprint density at radius 3 is 2.44 bits per heavy atom. The Balaban J connectivity index is 2.09. The second-order valence-corrected chi connectivity index (χ2v) is 4.58. The van der Waals surface area contributed by atoms with Crippen molar-refractivity contribution < 1.29 is 4.79 Å². The van der Waals surface area contributed by atoms with Crippen molar-refractivity contribution >= 4 is 5.71 Å². The number of rotatable bonds is 9. The maximum Gasteiger partial charge on any atom is 0.347 e. The summed E-state index contributed by atoms with van der Waals surface area (Å²) in [6, 6.07) is 0. The van der Waals surface area contributed by atoms with Crippen molar-refractivity contribution in [3.63, 3.8) is 0 Å². The average Bonchev–Trinajstić information content (AvgIpc) is 2.72. The van der Waals surface area contributed by atoms with Crippen molar-refractivity contribution in [3.8, 4) is 0 Å². The van der Waals surface area contributed by atoms with Gasteiger partial charge < -0.3 is 0 Å². The first kappa shape index (κ1) is 13.2. The number of nitrogens with zero attached hydrogens (tertiary/aromatic N) is 2. The minimum Gasteiger partial charge on any atom is -0.0654 e. The Bertz CT molecular complexity index is 283. The summed E-state index contributed by atoms with van der Waals surface area (Å²) < 4.78 is 0. The van der Waals surface area contributed by atoms with Crippen molar-refractivity contribution in [2.75, 3.05) is 0 Å². The number of allylic oxidation sites excluding steroid dienone is 1. The van der Waals surface area contributed by atoms with E-state index in [1.165, 1.54) is 56.2 Å². The van der Waals surface area contributed by atoms with Gasteiger partial charge in [0, 0.05) is 0 Å². The summed E-state index contributed by atoms with van der Waals surface area (Å²) in [4.78, 5) is 4.22. The van der Waals surface area contributed by atoms with E-state index in [1.54, 1.807) is 0 Å². The van der Waals surface area contributed by atoms with Crippen molar-refractivity contribution in [2.24, 2.45) is 5.11 Å². The van der Waals surface area contributed by atoms with Gasteiger partial charge in [-0.15, -0.1) is 0 Å². The highest BCUT2D eigenvalue weighted by Crippen LogP contribution is 2.15. The lowest BCUT2D eigenvalue weighted by molar-refractivity contribution is -0.0755. The third-order valence-electron chi connectivity index (χ3n) is 3.05. The van der Waals surface area contributed by atoms with Gasteiger partial charge in [0.2, 0.25) is 0 Å². The summed E-state index contributed by atoms with van der Waals surface area (Å²) in [5, 5.41) is 4.02. The molecule has 0 unspecified atom stereocenters. The molecule has 90 valence electrons. The molecule has 0 amide bonds. The van der Waals surface area contributed by atoms with Gasteiger partial charge in [-0.25, -0.2) is 0 Å². The van der Waals surface area contributed by atoms with Crippen LogP contribution in [0.5, 0.6) is 0 Å². The summed E-state index contributed by atoms with van der Waals surface area (Å²) in [7, 11) is 0. The molecule has 2 nitrogen and oxygen atoms in total. The zero-order valence-corrected chi connectivity index (χ0v) is 10.8. The molecule has 0 spiro atoms. The minimum absolute atomic E-state index is 1.13. The first-order valence-electron chi connectivity index (χ1n) is 6.84. The molecule has 0 aromatic heterocycles. The standard InChI is InChI=1S/C14H25N2/c1-3-5-6-7-8-9-11-14-13(10-4-2)12-15-16-14/h12H,3-11H2,1-2H3/q+1. The molecule has 1 rings (SSSR count). The van der Waals surface area contributed by atoms with Crippen molar-refractivity contribution in [1.82, 2.24) is 0 Å². The lowest BCUT2D eigenvalue weighted by Crippen LogP contribution is -2.02. The summed E-state index contributed by atoms with van der Waals surface area (Å²) in [6.45, 7) is 4.47. The molecule has 0 saturated carbocycles. The molecule has 2 heteroatoms. The lowest BCUT2D eigenvalue weighted by Gasteiger charge is -1.98. The molecule has 1 aliphatic rings. The zero-order valence-electron chi connectivity index (χ0n) is 10.8. The second-order valence-electron chi connectivity index (χ2n) is 4.58. The molecule has 0 saturated heterocycles. The van der Waals surface area contributed by atoms with Crippen molar-refractivity contribution in [1.29, 1.82) is 0 Å². The smallest absolute Gasteiger partial charge is 0.0654 e. The summed E-state index contributed by atoms with van der Waals surface area (Å²) in [6.07, 6.45) is 13.5. The van der Waals surface area contributed by atoms with E-state index in [0.717, 1.165) is 12.8 Å². The van der Waals surface area contributed by atoms with Gasteiger partial charge in [0.25, 0.3) is 0 Å². The van der Waals surface area contributed by atoms with Gasteiger partial charge in [-0.05, 0) is 12.8 Å². The SMILES string of the molecule is CCCCCCCCC1=[N+]=NC=C1CCC. The van der Waals surface area contributed by atoms with Gasteiger partial charge in [0.05, 0.1) is 16.8 Å². The Kier molecular flexibility index (Phi) is 6.83. The van der Waals surface area contributed by atoms with Crippen LogP contribution in [0.2, 0.25) is 0 Å². The summed E-state index contributed by atoms with van der Waals surface area (Å²) in [5.74, 6) is 0. The minimum atomic E-state index is 1.13. The molecule has 0 aromatic rings. The van der Waals surface area contributed by atoms with Crippen LogP contribution in [0.25, 0.3) is 0 Å². The largest absolute Gasteiger partial charge is 0.347 e. The molecule has 0 radical (unpaired) electrons. The van der Waals surface area contributed by atoms with E-state index in [9.17, 15) is 0 Å². The molecular weight excluding hydrogens is 196 g/mol. The fraction of sp³-hybridized carbons (Fsp3) is 0.786. The lowest BCUT2D eigenvalue weighted by atomic mass is 10.0. The Morgan fingerprint density at radius 2 is 1.69 bits per heavy atom. The predicted octanol–water partition coefficient (Wildman–Crippen LogP) is 4.54. The quantitative estimate of drug-likeness (QED) is 0.404. The van der Waals surface area contributed by atoms with E-state index < -0.39 is 0 Å². The highest BCUT2D eigenvalue weighted by atomic mass is 15.0. The maximum absolute atomic E-state index is 4.22. The average molecular weight is 221 g/mol. The van der Waals surface area contributed by atoms with Crippen LogP contribution in [-0.2, 0) is 0 Å². The predicted molar refractivity (Wildman–Crippen MR) is 68.7 cm³/mol. The van der Waals surface area contributed by atoms with Gasteiger partial charge in [-0.1, -0.05) is 52.4 Å². The van der Waals surface area contributed by atoms with Crippen LogP contribution < -0.4 is 0 Å². The molecule has 0 bridgehead atoms. The first-order chi connectivity index (χ1) is 7.88. The van der Waals surface area contributed by atoms with Gasteiger partial charge >= 0.3 is 5.71 Å². The third-order valence-corrected chi connectivity index (χ3v) is 3.05. The number of hydrogen-bond donors (Lipinski definition) is 0. The molecule has 0 N–H and O–H groups in total. The van der Waals surface area contributed by atoms with E-state index in [0.29, 0.717) is 0 Å². The van der Waals surface area contributed by atoms with Crippen LogP contribution in [0.3, 0.4) is 0 Å². The van der Waals surface area contributed by atoms with Crippen molar-refractivity contribution in [2.45, 2.75) is 71.6 Å². The monoisotopic (exact) mass is 221 g/mol. The Hall–Kier alpha value is -0.880. The summed E-state index contributed by atoms with van der Waals surface area (Å²) in [5.41, 5.74) is 2.62. The van der Waals surface area contributed by atoms with Gasteiger partial charge in [-0.3, -0.25) is 0 Å². The summed E-state index contributed by atoms with van der Waals surface area (Å²) >= 11 is 0. The third kappa shape index (κ3) is 4.76. The van der Waals surface area contributed by atoms with E-state index in [4.69, 9.17) is 0 Å². The molecule has 16 heavy (non-hydrogen) atoms. The molecule has 0 fully saturated rings. The number of hydrogen-bond acceptors (Lipinski definition) is 1. The zero-order chi connectivity index (χ0) is 11.6. The molecule has 0 aliphatic carbocycles. The first-order valence-corrected chi connectivity index (χ1v) is 6.84. The van der Waals surface area contributed by atoms with E-state index >= 15 is 0 Å². The molecule has 1 aliphatic heterocycles. The maximum atomic E-state index is 4.22. The topological polar surface area (TPSA) is 26.5 Å². The Labute approximate surface area is 99.6 Å². The molecule has 0 atom stereocenters. The molecule has 0 aromatic carbocycles. The van der Waals surface area contributed by atoms with Crippen LogP contribution >= 0.6 is 0 Å². The highest BCUT2D eigenvalue weighted by molar-refractivity contribution is 5.96. The van der Waals surface area contributed by atoms with E-state index in [1.807, 2.05) is 6.20 Å². The molecular formula is C14H25N2+. The normalized spacial score (nSPS) is 14.1.